The van der Waals surface area contributed by atoms with Crippen LogP contribution in [-0.4, -0.2) is 28.2 Å². The molecular formula is C10H22FNSi. The van der Waals surface area contributed by atoms with Crippen molar-refractivity contribution in [3.63, 3.8) is 0 Å². The van der Waals surface area contributed by atoms with Gasteiger partial charge in [0.2, 0.25) is 0 Å². The second-order valence-electron chi connectivity index (χ2n) is 3.79. The average Bonchev–Trinajstić information content (AvgIpc) is 2.10. The first-order valence-electron chi connectivity index (χ1n) is 5.10. The van der Waals surface area contributed by atoms with Crippen molar-refractivity contribution in [2.45, 2.75) is 31.9 Å². The highest BCUT2D eigenvalue weighted by Crippen LogP contribution is 2.13. The summed E-state index contributed by atoms with van der Waals surface area (Å²) >= 11 is 0. The molecule has 0 saturated carbocycles. The van der Waals surface area contributed by atoms with Crippen molar-refractivity contribution < 1.29 is 4.39 Å². The van der Waals surface area contributed by atoms with Crippen molar-refractivity contribution >= 4 is 8.80 Å². The second kappa shape index (κ2) is 8.45. The van der Waals surface area contributed by atoms with Crippen LogP contribution in [0.5, 0.6) is 0 Å². The van der Waals surface area contributed by atoms with E-state index in [9.17, 15) is 4.39 Å². The zero-order chi connectivity index (χ0) is 10.1. The molecule has 0 aromatic rings. The highest BCUT2D eigenvalue weighted by molar-refractivity contribution is 6.60. The first-order chi connectivity index (χ1) is 6.22. The third-order valence-electron chi connectivity index (χ3n) is 2.36. The Morgan fingerprint density at radius 1 is 1.54 bits per heavy atom. The highest BCUT2D eigenvalue weighted by Gasteiger charge is 2.13. The maximum absolute atomic E-state index is 12.5. The SMILES string of the molecule is C=CCNCCC[SiH](CF)C(C)C. The number of rotatable bonds is 8. The lowest BCUT2D eigenvalue weighted by molar-refractivity contribution is 0.577. The van der Waals surface area contributed by atoms with E-state index in [2.05, 4.69) is 25.7 Å². The van der Waals surface area contributed by atoms with Gasteiger partial charge < -0.3 is 5.32 Å². The quantitative estimate of drug-likeness (QED) is 0.363. The van der Waals surface area contributed by atoms with Gasteiger partial charge in [-0.25, -0.2) is 0 Å². The Hall–Kier alpha value is -0.153. The summed E-state index contributed by atoms with van der Waals surface area (Å²) in [6, 6.07) is 1.12. The third-order valence-corrected chi connectivity index (χ3v) is 5.79. The highest BCUT2D eigenvalue weighted by atomic mass is 28.3. The molecule has 0 spiro atoms. The van der Waals surface area contributed by atoms with E-state index in [-0.39, 0.29) is 6.30 Å². The van der Waals surface area contributed by atoms with Crippen molar-refractivity contribution in [3.05, 3.63) is 12.7 Å². The molecule has 0 rings (SSSR count). The Kier molecular flexibility index (Phi) is 8.35. The molecule has 0 fully saturated rings. The normalized spacial score (nSPS) is 13.2. The van der Waals surface area contributed by atoms with Crippen LogP contribution in [0.4, 0.5) is 4.39 Å². The van der Waals surface area contributed by atoms with Crippen molar-refractivity contribution in [1.29, 1.82) is 0 Å². The molecule has 0 bridgehead atoms. The molecule has 0 radical (unpaired) electrons. The molecule has 0 aromatic carbocycles. The Bertz CT molecular complexity index is 128. The molecule has 0 aromatic heterocycles. The Balaban J connectivity index is 3.33. The molecule has 0 aliphatic rings. The smallest absolute Gasteiger partial charge is 0.0771 e. The minimum atomic E-state index is -1.07. The van der Waals surface area contributed by atoms with E-state index in [1.807, 2.05) is 6.08 Å². The largest absolute Gasteiger partial charge is 0.313 e. The summed E-state index contributed by atoms with van der Waals surface area (Å²) in [5.74, 6) is 0. The Labute approximate surface area is 83.0 Å². The molecule has 78 valence electrons. The summed E-state index contributed by atoms with van der Waals surface area (Å²) in [5, 5.41) is 3.24. The van der Waals surface area contributed by atoms with Gasteiger partial charge >= 0.3 is 0 Å². The van der Waals surface area contributed by atoms with E-state index in [0.29, 0.717) is 5.54 Å². The molecule has 1 atom stereocenters. The van der Waals surface area contributed by atoms with E-state index in [0.717, 1.165) is 25.6 Å². The van der Waals surface area contributed by atoms with Crippen molar-refractivity contribution in [1.82, 2.24) is 5.32 Å². The van der Waals surface area contributed by atoms with Crippen molar-refractivity contribution in [2.75, 3.05) is 19.4 Å². The molecule has 1 N–H and O–H groups in total. The number of halogens is 1. The van der Waals surface area contributed by atoms with E-state index in [1.165, 1.54) is 0 Å². The standard InChI is InChI=1S/C10H22FNSi/c1-4-6-12-7-5-8-13(9-11)10(2)3/h4,10,12-13H,1,5-9H2,2-3H3. The predicted octanol–water partition coefficient (Wildman–Crippen LogP) is 2.30. The monoisotopic (exact) mass is 203 g/mol. The maximum Gasteiger partial charge on any atom is 0.0771 e. The van der Waals surface area contributed by atoms with Gasteiger partial charge in [-0.1, -0.05) is 31.5 Å². The van der Waals surface area contributed by atoms with Crippen LogP contribution in [0.2, 0.25) is 11.6 Å². The third kappa shape index (κ3) is 6.96. The van der Waals surface area contributed by atoms with Gasteiger partial charge in [-0.2, -0.15) is 0 Å². The van der Waals surface area contributed by atoms with Crippen molar-refractivity contribution in [2.24, 2.45) is 0 Å². The number of nitrogens with one attached hydrogen (secondary N) is 1. The first-order valence-corrected chi connectivity index (χ1v) is 7.40. The second-order valence-corrected chi connectivity index (χ2v) is 7.53. The summed E-state index contributed by atoms with van der Waals surface area (Å²) in [4.78, 5) is 0. The van der Waals surface area contributed by atoms with Gasteiger partial charge in [0.15, 0.2) is 0 Å². The summed E-state index contributed by atoms with van der Waals surface area (Å²) in [6.07, 6.45) is 2.93. The minimum Gasteiger partial charge on any atom is -0.313 e. The van der Waals surface area contributed by atoms with E-state index in [4.69, 9.17) is 0 Å². The van der Waals surface area contributed by atoms with Gasteiger partial charge in [-0.05, 0) is 13.0 Å². The Morgan fingerprint density at radius 2 is 2.23 bits per heavy atom. The van der Waals surface area contributed by atoms with Crippen LogP contribution in [0.1, 0.15) is 20.3 Å². The summed E-state index contributed by atoms with van der Waals surface area (Å²) in [6.45, 7) is 9.78. The molecule has 1 nitrogen and oxygen atoms in total. The summed E-state index contributed by atoms with van der Waals surface area (Å²) < 4.78 is 12.5. The molecule has 0 saturated heterocycles. The van der Waals surface area contributed by atoms with Crippen LogP contribution in [-0.2, 0) is 0 Å². The van der Waals surface area contributed by atoms with Crippen LogP contribution < -0.4 is 5.32 Å². The zero-order valence-electron chi connectivity index (χ0n) is 8.85. The van der Waals surface area contributed by atoms with Gasteiger partial charge in [0, 0.05) is 6.54 Å². The molecule has 13 heavy (non-hydrogen) atoms. The lowest BCUT2D eigenvalue weighted by atomic mass is 10.4. The predicted molar refractivity (Wildman–Crippen MR) is 60.7 cm³/mol. The summed E-state index contributed by atoms with van der Waals surface area (Å²) in [7, 11) is -1.07. The van der Waals surface area contributed by atoms with Crippen LogP contribution in [0.15, 0.2) is 12.7 Å². The Morgan fingerprint density at radius 3 is 2.69 bits per heavy atom. The molecular weight excluding hydrogens is 181 g/mol. The van der Waals surface area contributed by atoms with Crippen LogP contribution >= 0.6 is 0 Å². The zero-order valence-corrected chi connectivity index (χ0v) is 10.0. The minimum absolute atomic E-state index is 0.0425. The van der Waals surface area contributed by atoms with Gasteiger partial charge in [0.25, 0.3) is 0 Å². The molecule has 0 heterocycles. The fourth-order valence-electron chi connectivity index (χ4n) is 1.28. The molecule has 1 unspecified atom stereocenters. The van der Waals surface area contributed by atoms with Crippen LogP contribution in [0.3, 0.4) is 0 Å². The maximum atomic E-state index is 12.5. The lowest BCUT2D eigenvalue weighted by Crippen LogP contribution is -2.23. The molecule has 0 aliphatic heterocycles. The van der Waals surface area contributed by atoms with Gasteiger partial charge in [-0.3, -0.25) is 4.39 Å². The summed E-state index contributed by atoms with van der Waals surface area (Å²) in [5.41, 5.74) is 0.601. The van der Waals surface area contributed by atoms with Gasteiger partial charge in [-0.15, -0.1) is 6.58 Å². The molecule has 0 amide bonds. The van der Waals surface area contributed by atoms with E-state index in [1.54, 1.807) is 0 Å². The number of hydrogen-bond donors (Lipinski definition) is 1. The fourth-order valence-corrected chi connectivity index (χ4v) is 3.19. The van der Waals surface area contributed by atoms with E-state index >= 15 is 0 Å². The topological polar surface area (TPSA) is 12.0 Å². The average molecular weight is 203 g/mol. The van der Waals surface area contributed by atoms with Crippen LogP contribution in [0.25, 0.3) is 0 Å². The number of hydrogen-bond acceptors (Lipinski definition) is 1. The number of alkyl halides is 1. The van der Waals surface area contributed by atoms with Crippen molar-refractivity contribution in [3.8, 4) is 0 Å². The van der Waals surface area contributed by atoms with E-state index < -0.39 is 8.80 Å². The first kappa shape index (κ1) is 12.8. The fraction of sp³-hybridized carbons (Fsp3) is 0.800. The lowest BCUT2D eigenvalue weighted by Gasteiger charge is -2.14. The molecule has 0 aliphatic carbocycles. The molecule has 3 heteroatoms. The van der Waals surface area contributed by atoms with Gasteiger partial charge in [0.1, 0.15) is 0 Å². The van der Waals surface area contributed by atoms with Crippen LogP contribution in [0, 0.1) is 0 Å². The van der Waals surface area contributed by atoms with Gasteiger partial charge in [0.05, 0.1) is 15.1 Å².